The van der Waals surface area contributed by atoms with Gasteiger partial charge in [0, 0.05) is 0 Å². The van der Waals surface area contributed by atoms with E-state index in [1.54, 1.807) is 0 Å². The summed E-state index contributed by atoms with van der Waals surface area (Å²) in [6.07, 6.45) is 0. The van der Waals surface area contributed by atoms with Crippen LogP contribution in [0.1, 0.15) is 14.9 Å². The van der Waals surface area contributed by atoms with E-state index < -0.39 is 0 Å². The Bertz CT molecular complexity index is 3.25. The first-order valence-corrected chi connectivity index (χ1v) is 0.289. The Labute approximate surface area is 27.6 Å². The molecule has 0 aromatic heterocycles. The first-order chi connectivity index (χ1) is 1.00. The van der Waals surface area contributed by atoms with Gasteiger partial charge in [0.25, 0.3) is 0 Å². The van der Waals surface area contributed by atoms with Crippen LogP contribution < -0.4 is 0 Å². The Morgan fingerprint density at radius 2 is 1.00 bits per heavy atom. The van der Waals surface area contributed by atoms with Gasteiger partial charge >= 0.3 is 0 Å². The molecule has 0 saturated carbocycles. The van der Waals surface area contributed by atoms with Crippen molar-refractivity contribution in [1.29, 1.82) is 0 Å². The normalized spacial score (nSPS) is 1.00. The summed E-state index contributed by atoms with van der Waals surface area (Å²) in [4.78, 5) is 8.00. The van der Waals surface area contributed by atoms with Gasteiger partial charge in [-0.3, -0.25) is 0 Å². The van der Waals surface area contributed by atoms with Crippen LogP contribution in [0.5, 0.6) is 0 Å². The molecule has 0 aromatic carbocycles. The Hall–Kier alpha value is -0.330. The predicted molar refractivity (Wildman–Crippen MR) is 20.6 cm³/mol. The average molecular weight is 62.1 g/mol. The molecule has 0 aromatic rings. The summed E-state index contributed by atoms with van der Waals surface area (Å²) in [6.45, 7) is 2.00. The summed E-state index contributed by atoms with van der Waals surface area (Å²) in [5.74, 6) is 0. The van der Waals surface area contributed by atoms with Crippen LogP contribution >= 0.6 is 0 Å². The molecule has 28 valence electrons. The maximum Gasteiger partial charge on any atom is 0.106 e. The first-order valence-electron chi connectivity index (χ1n) is 0.289. The Morgan fingerprint density at radius 3 is 1.00 bits per heavy atom. The molecule has 0 rings (SSSR count). The molecule has 0 amide bonds. The van der Waals surface area contributed by atoms with E-state index in [1.165, 1.54) is 0 Å². The van der Waals surface area contributed by atoms with E-state index in [-0.39, 0.29) is 14.9 Å². The smallest absolute Gasteiger partial charge is 0.106 e. The van der Waals surface area contributed by atoms with Gasteiger partial charge < -0.3 is 4.79 Å². The van der Waals surface area contributed by atoms with Gasteiger partial charge in [-0.15, -0.1) is 0 Å². The first kappa shape index (κ1) is 58.3. The quantitative estimate of drug-likeness (QED) is 0.410. The molecule has 0 aliphatic carbocycles. The highest BCUT2D eigenvalue weighted by atomic mass is 16.1. The molecule has 0 aliphatic heterocycles. The molecule has 0 radical (unpaired) electrons. The third-order valence-corrected chi connectivity index (χ3v) is 0. The fourth-order valence-electron chi connectivity index (χ4n) is 0. The Morgan fingerprint density at radius 1 is 1.00 bits per heavy atom. The maximum atomic E-state index is 8.00. The highest BCUT2D eigenvalue weighted by molar-refractivity contribution is 5.10. The number of rotatable bonds is 0. The SMILES string of the molecule is C.C.C=O. The topological polar surface area (TPSA) is 17.1 Å². The van der Waals surface area contributed by atoms with Gasteiger partial charge in [-0.25, -0.2) is 0 Å². The lowest BCUT2D eigenvalue weighted by molar-refractivity contribution is -0.0979. The second kappa shape index (κ2) is 68.4. The van der Waals surface area contributed by atoms with Crippen molar-refractivity contribution >= 4 is 6.79 Å². The van der Waals surface area contributed by atoms with Crippen molar-refractivity contribution in [2.45, 2.75) is 14.9 Å². The molecule has 0 N–H and O–H groups in total. The van der Waals surface area contributed by atoms with Crippen molar-refractivity contribution < 1.29 is 4.79 Å². The molecule has 1 nitrogen and oxygen atoms in total. The number of carbonyl (C=O) groups excluding carboxylic acids is 1. The van der Waals surface area contributed by atoms with Crippen molar-refractivity contribution in [1.82, 2.24) is 0 Å². The average Bonchev–Trinajstić information content (AvgIpc) is 1.00. The second-order valence-corrected chi connectivity index (χ2v) is 0. The van der Waals surface area contributed by atoms with Crippen LogP contribution in [0, 0.1) is 0 Å². The zero-order valence-electron chi connectivity index (χ0n) is 1.12. The van der Waals surface area contributed by atoms with E-state index in [2.05, 4.69) is 0 Å². The van der Waals surface area contributed by atoms with E-state index in [0.717, 1.165) is 0 Å². The van der Waals surface area contributed by atoms with Crippen LogP contribution in [0.4, 0.5) is 0 Å². The number of hydrogen-bond donors (Lipinski definition) is 0. The standard InChI is InChI=1S/CH2O.2CH4/c1-2;;/h1H2;2*1H4. The summed E-state index contributed by atoms with van der Waals surface area (Å²) in [7, 11) is 0. The third-order valence-electron chi connectivity index (χ3n) is 0. The summed E-state index contributed by atoms with van der Waals surface area (Å²) in [6, 6.07) is 0. The van der Waals surface area contributed by atoms with E-state index in [9.17, 15) is 0 Å². The van der Waals surface area contributed by atoms with Gasteiger partial charge in [0.2, 0.25) is 0 Å². The van der Waals surface area contributed by atoms with Crippen molar-refractivity contribution in [3.8, 4) is 0 Å². The molecule has 0 saturated heterocycles. The monoisotopic (exact) mass is 62.1 g/mol. The zero-order valence-corrected chi connectivity index (χ0v) is 1.12. The van der Waals surface area contributed by atoms with Crippen molar-refractivity contribution in [2.75, 3.05) is 0 Å². The molecule has 0 atom stereocenters. The van der Waals surface area contributed by atoms with Gasteiger partial charge in [-0.1, -0.05) is 14.9 Å². The number of carbonyl (C=O) groups is 1. The predicted octanol–water partition coefficient (Wildman–Crippen LogP) is 1.09. The summed E-state index contributed by atoms with van der Waals surface area (Å²) in [5.41, 5.74) is 0. The largest absolute Gasteiger partial charge is 0.307 e. The van der Waals surface area contributed by atoms with Crippen LogP contribution in [0.25, 0.3) is 0 Å². The van der Waals surface area contributed by atoms with E-state index in [0.29, 0.717) is 0 Å². The fourth-order valence-corrected chi connectivity index (χ4v) is 0. The van der Waals surface area contributed by atoms with Gasteiger partial charge in [0.15, 0.2) is 0 Å². The van der Waals surface area contributed by atoms with E-state index in [4.69, 9.17) is 4.79 Å². The molecule has 1 heteroatoms. The van der Waals surface area contributed by atoms with Crippen LogP contribution in [0.3, 0.4) is 0 Å². The minimum absolute atomic E-state index is 0. The third kappa shape index (κ3) is 6.88. The van der Waals surface area contributed by atoms with E-state index in [1.807, 2.05) is 6.79 Å². The molecular weight excluding hydrogens is 52.0 g/mol. The van der Waals surface area contributed by atoms with Crippen molar-refractivity contribution in [3.63, 3.8) is 0 Å². The minimum atomic E-state index is 0. The van der Waals surface area contributed by atoms with Crippen LogP contribution in [-0.2, 0) is 4.79 Å². The summed E-state index contributed by atoms with van der Waals surface area (Å²) in [5, 5.41) is 0. The molecule has 0 bridgehead atoms. The molecule has 0 fully saturated rings. The van der Waals surface area contributed by atoms with Gasteiger partial charge in [-0.05, 0) is 0 Å². The molecular formula is C3H10O. The van der Waals surface area contributed by atoms with Crippen molar-refractivity contribution in [3.05, 3.63) is 0 Å². The maximum absolute atomic E-state index is 8.00. The molecule has 0 spiro atoms. The highest BCUT2D eigenvalue weighted by Gasteiger charge is 0.636. The minimum Gasteiger partial charge on any atom is -0.307 e. The van der Waals surface area contributed by atoms with Gasteiger partial charge in [0.05, 0.1) is 0 Å². The lowest BCUT2D eigenvalue weighted by atomic mass is 11.9. The van der Waals surface area contributed by atoms with E-state index >= 15 is 0 Å². The number of hydrogen-bond acceptors (Lipinski definition) is 1. The molecule has 0 heterocycles. The summed E-state index contributed by atoms with van der Waals surface area (Å²) >= 11 is 0. The lowest BCUT2D eigenvalue weighted by Gasteiger charge is -0.837. The lowest BCUT2D eigenvalue weighted by Crippen LogP contribution is -0.925. The molecule has 0 unspecified atom stereocenters. The highest BCUT2D eigenvalue weighted by Crippen LogP contribution is 0.494. The fraction of sp³-hybridized carbons (Fsp3) is 0.667. The summed E-state index contributed by atoms with van der Waals surface area (Å²) < 4.78 is 0. The Kier molecular flexibility index (Phi) is 996. The molecule has 0 aliphatic rings. The van der Waals surface area contributed by atoms with Gasteiger partial charge in [0.1, 0.15) is 6.79 Å². The van der Waals surface area contributed by atoms with Gasteiger partial charge in [-0.2, -0.15) is 0 Å². The Balaban J connectivity index is -0.00000000500. The molecule has 4 heavy (non-hydrogen) atoms. The van der Waals surface area contributed by atoms with Crippen LogP contribution in [0.15, 0.2) is 0 Å². The van der Waals surface area contributed by atoms with Crippen LogP contribution in [-0.4, -0.2) is 6.79 Å². The van der Waals surface area contributed by atoms with Crippen LogP contribution in [0.2, 0.25) is 0 Å². The van der Waals surface area contributed by atoms with Crippen molar-refractivity contribution in [2.24, 2.45) is 0 Å². The second-order valence-electron chi connectivity index (χ2n) is 0. The zero-order chi connectivity index (χ0) is 2.00.